The molecule has 0 spiro atoms. The van der Waals surface area contributed by atoms with Crippen molar-refractivity contribution in [1.82, 2.24) is 14.5 Å². The van der Waals surface area contributed by atoms with E-state index in [1.807, 2.05) is 0 Å². The Bertz CT molecular complexity index is 907. The Morgan fingerprint density at radius 2 is 1.73 bits per heavy atom. The van der Waals surface area contributed by atoms with Crippen LogP contribution in [0.2, 0.25) is 0 Å². The first-order chi connectivity index (χ1) is 15.9. The van der Waals surface area contributed by atoms with Gasteiger partial charge in [0, 0.05) is 38.0 Å². The van der Waals surface area contributed by atoms with E-state index in [-0.39, 0.29) is 16.7 Å². The van der Waals surface area contributed by atoms with E-state index in [0.29, 0.717) is 57.2 Å². The van der Waals surface area contributed by atoms with E-state index in [1.54, 1.807) is 18.2 Å². The highest BCUT2D eigenvalue weighted by Gasteiger charge is 2.32. The molecule has 0 atom stereocenters. The molecule has 1 N–H and O–H groups in total. The summed E-state index contributed by atoms with van der Waals surface area (Å²) in [4.78, 5) is 15.3. The van der Waals surface area contributed by atoms with Crippen molar-refractivity contribution in [3.8, 4) is 11.5 Å². The number of fused-ring (bicyclic) bond motifs is 1. The molecule has 0 aliphatic carbocycles. The van der Waals surface area contributed by atoms with Crippen molar-refractivity contribution < 1.29 is 22.7 Å². The topological polar surface area (TPSA) is 88.2 Å². The Hall–Kier alpha value is -1.84. The number of hydrogen-bond donors (Lipinski definition) is 1. The largest absolute Gasteiger partial charge is 0.490 e. The van der Waals surface area contributed by atoms with Gasteiger partial charge in [-0.2, -0.15) is 4.31 Å². The number of hydrogen-bond acceptors (Lipinski definition) is 6. The molecule has 0 unspecified atom stereocenters. The lowest BCUT2D eigenvalue weighted by atomic mass is 9.97. The summed E-state index contributed by atoms with van der Waals surface area (Å²) in [5.41, 5.74) is 0. The Kier molecular flexibility index (Phi) is 8.14. The SMILES string of the molecule is CC1CCN(CCCNC(=O)C2CCN(S(=O)(=O)c3ccc4c(c3)OCCCO4)CC2)CC1. The van der Waals surface area contributed by atoms with Crippen molar-refractivity contribution in [1.29, 1.82) is 0 Å². The molecule has 1 amide bonds. The summed E-state index contributed by atoms with van der Waals surface area (Å²) < 4.78 is 39.0. The molecular weight excluding hydrogens is 442 g/mol. The number of likely N-dealkylation sites (tertiary alicyclic amines) is 1. The van der Waals surface area contributed by atoms with Crippen LogP contribution in [0.15, 0.2) is 23.1 Å². The Balaban J connectivity index is 1.22. The minimum atomic E-state index is -3.63. The van der Waals surface area contributed by atoms with Gasteiger partial charge in [-0.3, -0.25) is 4.79 Å². The maximum atomic E-state index is 13.1. The zero-order valence-corrected chi connectivity index (χ0v) is 20.4. The fourth-order valence-corrected chi connectivity index (χ4v) is 6.24. The molecule has 184 valence electrons. The zero-order chi connectivity index (χ0) is 23.3. The highest BCUT2D eigenvalue weighted by Crippen LogP contribution is 2.33. The van der Waals surface area contributed by atoms with Crippen LogP contribution in [0.3, 0.4) is 0 Å². The van der Waals surface area contributed by atoms with Gasteiger partial charge in [0.1, 0.15) is 0 Å². The second-order valence-electron chi connectivity index (χ2n) is 9.51. The number of nitrogens with one attached hydrogen (secondary N) is 1. The van der Waals surface area contributed by atoms with Crippen LogP contribution < -0.4 is 14.8 Å². The molecule has 0 aromatic heterocycles. The Labute approximate surface area is 197 Å². The van der Waals surface area contributed by atoms with Crippen LogP contribution >= 0.6 is 0 Å². The van der Waals surface area contributed by atoms with Gasteiger partial charge in [0.05, 0.1) is 18.1 Å². The van der Waals surface area contributed by atoms with Crippen LogP contribution in [-0.4, -0.2) is 76.0 Å². The van der Waals surface area contributed by atoms with Crippen molar-refractivity contribution in [3.05, 3.63) is 18.2 Å². The number of sulfonamides is 1. The van der Waals surface area contributed by atoms with Crippen LogP contribution in [0.5, 0.6) is 11.5 Å². The molecule has 2 fully saturated rings. The lowest BCUT2D eigenvalue weighted by Crippen LogP contribution is -2.43. The molecule has 8 nitrogen and oxygen atoms in total. The van der Waals surface area contributed by atoms with Crippen LogP contribution in [0.4, 0.5) is 0 Å². The molecule has 33 heavy (non-hydrogen) atoms. The number of amides is 1. The molecule has 3 aliphatic heterocycles. The molecule has 0 bridgehead atoms. The minimum absolute atomic E-state index is 0.0508. The number of benzene rings is 1. The number of carbonyl (C=O) groups excluding carboxylic acids is 1. The van der Waals surface area contributed by atoms with E-state index in [9.17, 15) is 13.2 Å². The molecule has 3 aliphatic rings. The fraction of sp³-hybridized carbons (Fsp3) is 0.708. The number of rotatable bonds is 7. The van der Waals surface area contributed by atoms with Crippen molar-refractivity contribution in [2.75, 3.05) is 52.5 Å². The molecule has 2 saturated heterocycles. The lowest BCUT2D eigenvalue weighted by molar-refractivity contribution is -0.126. The average Bonchev–Trinajstić information content (AvgIpc) is 3.08. The van der Waals surface area contributed by atoms with Gasteiger partial charge in [-0.25, -0.2) is 8.42 Å². The summed E-state index contributed by atoms with van der Waals surface area (Å²) in [6, 6.07) is 4.79. The van der Waals surface area contributed by atoms with Crippen LogP contribution in [0.25, 0.3) is 0 Å². The third-order valence-corrected chi connectivity index (χ3v) is 8.90. The van der Waals surface area contributed by atoms with Crippen molar-refractivity contribution >= 4 is 15.9 Å². The third kappa shape index (κ3) is 6.19. The predicted octanol–water partition coefficient (Wildman–Crippen LogP) is 2.49. The van der Waals surface area contributed by atoms with E-state index >= 15 is 0 Å². The zero-order valence-electron chi connectivity index (χ0n) is 19.6. The van der Waals surface area contributed by atoms with E-state index in [0.717, 1.165) is 38.4 Å². The second kappa shape index (κ2) is 11.1. The molecule has 4 rings (SSSR count). The highest BCUT2D eigenvalue weighted by molar-refractivity contribution is 7.89. The van der Waals surface area contributed by atoms with E-state index in [2.05, 4.69) is 17.1 Å². The summed E-state index contributed by atoms with van der Waals surface area (Å²) in [6.07, 6.45) is 5.33. The van der Waals surface area contributed by atoms with Gasteiger partial charge in [-0.05, 0) is 69.8 Å². The van der Waals surface area contributed by atoms with Gasteiger partial charge >= 0.3 is 0 Å². The van der Waals surface area contributed by atoms with Gasteiger partial charge < -0.3 is 19.7 Å². The number of carbonyl (C=O) groups is 1. The quantitative estimate of drug-likeness (QED) is 0.605. The Morgan fingerprint density at radius 3 is 2.45 bits per heavy atom. The molecule has 0 radical (unpaired) electrons. The number of ether oxygens (including phenoxy) is 2. The van der Waals surface area contributed by atoms with E-state index in [4.69, 9.17) is 9.47 Å². The summed E-state index contributed by atoms with van der Waals surface area (Å²) >= 11 is 0. The Morgan fingerprint density at radius 1 is 1.03 bits per heavy atom. The van der Waals surface area contributed by atoms with Gasteiger partial charge in [0.15, 0.2) is 11.5 Å². The first kappa shape index (κ1) is 24.3. The van der Waals surface area contributed by atoms with Gasteiger partial charge in [-0.1, -0.05) is 6.92 Å². The van der Waals surface area contributed by atoms with Crippen molar-refractivity contribution in [2.45, 2.75) is 50.3 Å². The molecule has 3 heterocycles. The van der Waals surface area contributed by atoms with E-state index < -0.39 is 10.0 Å². The second-order valence-corrected chi connectivity index (χ2v) is 11.4. The summed E-state index contributed by atoms with van der Waals surface area (Å²) in [5.74, 6) is 1.80. The first-order valence-corrected chi connectivity index (χ1v) is 13.8. The molecular formula is C24H37N3O5S. The van der Waals surface area contributed by atoms with Crippen LogP contribution in [0.1, 0.15) is 45.4 Å². The average molecular weight is 480 g/mol. The number of nitrogens with zero attached hydrogens (tertiary/aromatic N) is 2. The third-order valence-electron chi connectivity index (χ3n) is 7.01. The molecule has 9 heteroatoms. The fourth-order valence-electron chi connectivity index (χ4n) is 4.76. The predicted molar refractivity (Wildman–Crippen MR) is 126 cm³/mol. The molecule has 0 saturated carbocycles. The lowest BCUT2D eigenvalue weighted by Gasteiger charge is -2.31. The summed E-state index contributed by atoms with van der Waals surface area (Å²) in [7, 11) is -3.63. The van der Waals surface area contributed by atoms with Crippen molar-refractivity contribution in [2.24, 2.45) is 11.8 Å². The van der Waals surface area contributed by atoms with Crippen LogP contribution in [0, 0.1) is 11.8 Å². The van der Waals surface area contributed by atoms with Gasteiger partial charge in [-0.15, -0.1) is 0 Å². The van der Waals surface area contributed by atoms with Crippen molar-refractivity contribution in [3.63, 3.8) is 0 Å². The normalized spacial score (nSPS) is 21.5. The maximum Gasteiger partial charge on any atom is 0.243 e. The highest BCUT2D eigenvalue weighted by atomic mass is 32.2. The van der Waals surface area contributed by atoms with Gasteiger partial charge in [0.2, 0.25) is 15.9 Å². The molecule has 1 aromatic carbocycles. The summed E-state index contributed by atoms with van der Waals surface area (Å²) in [5, 5.41) is 3.06. The molecule has 1 aromatic rings. The first-order valence-electron chi connectivity index (χ1n) is 12.3. The summed E-state index contributed by atoms with van der Waals surface area (Å²) in [6.45, 7) is 8.10. The number of piperidine rings is 2. The minimum Gasteiger partial charge on any atom is -0.490 e. The van der Waals surface area contributed by atoms with Crippen LogP contribution in [-0.2, 0) is 14.8 Å². The van der Waals surface area contributed by atoms with Gasteiger partial charge in [0.25, 0.3) is 0 Å². The smallest absolute Gasteiger partial charge is 0.243 e. The standard InChI is InChI=1S/C24H37N3O5S/c1-19-6-12-26(13-7-19)11-2-10-25-24(28)20-8-14-27(15-9-20)33(29,30)21-4-5-22-23(18-21)32-17-3-16-31-22/h4-5,18-20H,2-3,6-17H2,1H3,(H,25,28). The maximum absolute atomic E-state index is 13.1. The van der Waals surface area contributed by atoms with E-state index in [1.165, 1.54) is 17.1 Å². The monoisotopic (exact) mass is 479 g/mol.